The van der Waals surface area contributed by atoms with Gasteiger partial charge in [-0.1, -0.05) is 12.1 Å². The molecule has 1 aromatic heterocycles. The Bertz CT molecular complexity index is 1870. The number of hydrogen-bond donors (Lipinski definition) is 2. The highest BCUT2D eigenvalue weighted by atomic mass is 32.2. The molecule has 1 amide bonds. The van der Waals surface area contributed by atoms with E-state index in [0.717, 1.165) is 0 Å². The van der Waals surface area contributed by atoms with Crippen LogP contribution < -0.4 is 10.0 Å². The number of rotatable bonds is 9. The first-order chi connectivity index (χ1) is 20.4. The number of fused-ring (bicyclic) bond motifs is 1. The SMILES string of the molecule is CCS(=O)(=O)Nc1cc2oc(-c3ccc(F)cc3)c(C(=O)NC)c2cc1[C@H]1CCCN(S(=O)(=O)Cc2ccc(F)cc2)C1. The fourth-order valence-electron chi connectivity index (χ4n) is 5.31. The third kappa shape index (κ3) is 6.58. The summed E-state index contributed by atoms with van der Waals surface area (Å²) in [6.45, 7) is 1.85. The fraction of sp³-hybridized carbons (Fsp3) is 0.300. The Balaban J connectivity index is 1.60. The molecule has 1 aliphatic heterocycles. The van der Waals surface area contributed by atoms with Gasteiger partial charge in [-0.25, -0.2) is 29.9 Å². The van der Waals surface area contributed by atoms with E-state index in [4.69, 9.17) is 4.42 Å². The molecule has 2 heterocycles. The number of nitrogens with one attached hydrogen (secondary N) is 2. The predicted molar refractivity (Wildman–Crippen MR) is 161 cm³/mol. The summed E-state index contributed by atoms with van der Waals surface area (Å²) < 4.78 is 89.2. The van der Waals surface area contributed by atoms with Crippen LogP contribution in [0.2, 0.25) is 0 Å². The maximum absolute atomic E-state index is 13.7. The minimum absolute atomic E-state index is 0.0772. The van der Waals surface area contributed by atoms with Crippen LogP contribution in [-0.2, 0) is 25.8 Å². The molecule has 0 radical (unpaired) electrons. The molecule has 1 saturated heterocycles. The van der Waals surface area contributed by atoms with Crippen LogP contribution in [-0.4, -0.2) is 52.9 Å². The molecule has 1 atom stereocenters. The second-order valence-electron chi connectivity index (χ2n) is 10.4. The van der Waals surface area contributed by atoms with Crippen molar-refractivity contribution in [3.05, 3.63) is 89.0 Å². The molecule has 228 valence electrons. The topological polar surface area (TPSA) is 126 Å². The summed E-state index contributed by atoms with van der Waals surface area (Å²) in [7, 11) is -6.07. The van der Waals surface area contributed by atoms with Gasteiger partial charge in [-0.15, -0.1) is 0 Å². The first-order valence-corrected chi connectivity index (χ1v) is 17.0. The number of sulfonamides is 2. The van der Waals surface area contributed by atoms with E-state index in [1.807, 2.05) is 0 Å². The first-order valence-electron chi connectivity index (χ1n) is 13.7. The van der Waals surface area contributed by atoms with Crippen molar-refractivity contribution in [1.29, 1.82) is 0 Å². The molecule has 0 unspecified atom stereocenters. The molecule has 5 rings (SSSR count). The van der Waals surface area contributed by atoms with Gasteiger partial charge in [0.1, 0.15) is 23.0 Å². The number of anilines is 1. The number of amides is 1. The minimum atomic E-state index is -3.79. The standard InChI is InChI=1S/C30H31F2N3O6S2/c1-3-42(37,38)34-26-16-27-25(28(30(36)33-2)29(41-27)20-8-12-23(32)13-9-20)15-24(26)21-5-4-14-35(17-21)43(39,40)18-19-6-10-22(31)11-7-19/h6-13,15-16,21,34H,3-5,14,17-18H2,1-2H3,(H,33,36)/t21-/m0/s1. The van der Waals surface area contributed by atoms with Crippen LogP contribution in [0.5, 0.6) is 0 Å². The average Bonchev–Trinajstić information content (AvgIpc) is 3.36. The van der Waals surface area contributed by atoms with Crippen molar-refractivity contribution in [2.24, 2.45) is 0 Å². The third-order valence-corrected chi connectivity index (χ3v) is 10.7. The van der Waals surface area contributed by atoms with Gasteiger partial charge in [-0.05, 0) is 79.3 Å². The Hall–Kier alpha value is -3.81. The molecule has 1 fully saturated rings. The largest absolute Gasteiger partial charge is 0.455 e. The van der Waals surface area contributed by atoms with Gasteiger partial charge in [0, 0.05) is 37.2 Å². The Kier molecular flexibility index (Phi) is 8.59. The van der Waals surface area contributed by atoms with Crippen molar-refractivity contribution in [2.45, 2.75) is 31.4 Å². The van der Waals surface area contributed by atoms with E-state index in [9.17, 15) is 30.4 Å². The average molecular weight is 632 g/mol. The number of halogens is 2. The second kappa shape index (κ2) is 12.1. The highest BCUT2D eigenvalue weighted by molar-refractivity contribution is 7.92. The zero-order chi connectivity index (χ0) is 30.9. The number of nitrogens with zero attached hydrogens (tertiary/aromatic N) is 1. The van der Waals surface area contributed by atoms with Crippen LogP contribution in [0.3, 0.4) is 0 Å². The van der Waals surface area contributed by atoms with E-state index < -0.39 is 43.5 Å². The molecule has 9 nitrogen and oxygen atoms in total. The van der Waals surface area contributed by atoms with Crippen molar-refractivity contribution in [2.75, 3.05) is 30.6 Å². The van der Waals surface area contributed by atoms with Crippen molar-refractivity contribution in [1.82, 2.24) is 9.62 Å². The molecule has 0 aliphatic carbocycles. The molecule has 0 saturated carbocycles. The Labute approximate surface area is 249 Å². The number of carbonyl (C=O) groups is 1. The molecular formula is C30H31F2N3O6S2. The van der Waals surface area contributed by atoms with Crippen molar-refractivity contribution in [3.8, 4) is 11.3 Å². The minimum Gasteiger partial charge on any atom is -0.455 e. The monoisotopic (exact) mass is 631 g/mol. The van der Waals surface area contributed by atoms with Crippen LogP contribution in [0.25, 0.3) is 22.3 Å². The molecule has 3 aromatic carbocycles. The zero-order valence-electron chi connectivity index (χ0n) is 23.6. The van der Waals surface area contributed by atoms with E-state index in [0.29, 0.717) is 34.9 Å². The van der Waals surface area contributed by atoms with Crippen molar-refractivity contribution < 1.29 is 34.8 Å². The summed E-state index contributed by atoms with van der Waals surface area (Å²) in [5.41, 5.74) is 2.05. The van der Waals surface area contributed by atoms with Gasteiger partial charge >= 0.3 is 0 Å². The lowest BCUT2D eigenvalue weighted by atomic mass is 9.89. The number of benzene rings is 3. The van der Waals surface area contributed by atoms with E-state index >= 15 is 0 Å². The summed E-state index contributed by atoms with van der Waals surface area (Å²) in [6, 6.07) is 13.9. The molecular weight excluding hydrogens is 600 g/mol. The Morgan fingerprint density at radius 1 is 1.00 bits per heavy atom. The molecule has 1 aliphatic rings. The van der Waals surface area contributed by atoms with Crippen LogP contribution in [0.4, 0.5) is 14.5 Å². The highest BCUT2D eigenvalue weighted by Crippen LogP contribution is 2.41. The van der Waals surface area contributed by atoms with Crippen molar-refractivity contribution >= 4 is 42.6 Å². The van der Waals surface area contributed by atoms with Crippen LogP contribution in [0, 0.1) is 11.6 Å². The predicted octanol–water partition coefficient (Wildman–Crippen LogP) is 5.21. The number of piperidine rings is 1. The molecule has 43 heavy (non-hydrogen) atoms. The summed E-state index contributed by atoms with van der Waals surface area (Å²) in [6.07, 6.45) is 1.08. The molecule has 0 spiro atoms. The normalized spacial score (nSPS) is 16.3. The van der Waals surface area contributed by atoms with Gasteiger partial charge in [0.25, 0.3) is 5.91 Å². The lowest BCUT2D eigenvalue weighted by molar-refractivity contribution is 0.0964. The smallest absolute Gasteiger partial charge is 0.255 e. The summed E-state index contributed by atoms with van der Waals surface area (Å²) >= 11 is 0. The fourth-order valence-corrected chi connectivity index (χ4v) is 7.58. The van der Waals surface area contributed by atoms with E-state index in [-0.39, 0.29) is 47.2 Å². The third-order valence-electron chi connectivity index (χ3n) is 7.55. The van der Waals surface area contributed by atoms with Gasteiger partial charge in [0.2, 0.25) is 20.0 Å². The van der Waals surface area contributed by atoms with E-state index in [2.05, 4.69) is 10.0 Å². The van der Waals surface area contributed by atoms with Crippen LogP contribution in [0.1, 0.15) is 47.2 Å². The lowest BCUT2D eigenvalue weighted by Gasteiger charge is -2.33. The van der Waals surface area contributed by atoms with Gasteiger partial charge < -0.3 is 9.73 Å². The number of furan rings is 1. The van der Waals surface area contributed by atoms with E-state index in [1.165, 1.54) is 72.9 Å². The highest BCUT2D eigenvalue weighted by Gasteiger charge is 2.33. The van der Waals surface area contributed by atoms with E-state index in [1.54, 1.807) is 6.07 Å². The first kappa shape index (κ1) is 30.6. The van der Waals surface area contributed by atoms with Gasteiger partial charge in [0.15, 0.2) is 0 Å². The number of carbonyl (C=O) groups excluding carboxylic acids is 1. The van der Waals surface area contributed by atoms with Gasteiger partial charge in [-0.2, -0.15) is 0 Å². The Morgan fingerprint density at radius 2 is 1.65 bits per heavy atom. The summed E-state index contributed by atoms with van der Waals surface area (Å²) in [4.78, 5) is 13.1. The maximum Gasteiger partial charge on any atom is 0.255 e. The van der Waals surface area contributed by atoms with Crippen LogP contribution in [0.15, 0.2) is 65.1 Å². The molecule has 0 bridgehead atoms. The molecule has 4 aromatic rings. The van der Waals surface area contributed by atoms with Crippen LogP contribution >= 0.6 is 0 Å². The Morgan fingerprint density at radius 3 is 2.28 bits per heavy atom. The summed E-state index contributed by atoms with van der Waals surface area (Å²) in [5.74, 6) is -2.13. The zero-order valence-corrected chi connectivity index (χ0v) is 25.2. The summed E-state index contributed by atoms with van der Waals surface area (Å²) in [5, 5.41) is 3.00. The van der Waals surface area contributed by atoms with Gasteiger partial charge in [-0.3, -0.25) is 9.52 Å². The van der Waals surface area contributed by atoms with Crippen molar-refractivity contribution in [3.63, 3.8) is 0 Å². The number of hydrogen-bond acceptors (Lipinski definition) is 6. The lowest BCUT2D eigenvalue weighted by Crippen LogP contribution is -2.40. The maximum atomic E-state index is 13.7. The quantitative estimate of drug-likeness (QED) is 0.261. The van der Waals surface area contributed by atoms with Gasteiger partial charge in [0.05, 0.1) is 22.8 Å². The molecule has 13 heteroatoms. The second-order valence-corrected chi connectivity index (χ2v) is 14.4. The molecule has 2 N–H and O–H groups in total.